The van der Waals surface area contributed by atoms with Gasteiger partial charge in [0, 0.05) is 25.7 Å². The highest BCUT2D eigenvalue weighted by Gasteiger charge is 2.30. The fourth-order valence-corrected chi connectivity index (χ4v) is 3.23. The van der Waals surface area contributed by atoms with Crippen molar-refractivity contribution in [1.29, 1.82) is 0 Å². The summed E-state index contributed by atoms with van der Waals surface area (Å²) in [4.78, 5) is 14.1. The van der Waals surface area contributed by atoms with Gasteiger partial charge in [0.15, 0.2) is 0 Å². The van der Waals surface area contributed by atoms with Crippen LogP contribution in [0.4, 0.5) is 4.79 Å². The highest BCUT2D eigenvalue weighted by molar-refractivity contribution is 5.67. The first-order valence-corrected chi connectivity index (χ1v) is 7.86. The van der Waals surface area contributed by atoms with Crippen LogP contribution in [0.3, 0.4) is 0 Å². The van der Waals surface area contributed by atoms with Gasteiger partial charge in [0.1, 0.15) is 0 Å². The van der Waals surface area contributed by atoms with Gasteiger partial charge in [-0.15, -0.1) is 0 Å². The average molecular weight is 268 g/mol. The van der Waals surface area contributed by atoms with Crippen molar-refractivity contribution in [3.63, 3.8) is 0 Å². The quantitative estimate of drug-likeness (QED) is 0.833. The van der Waals surface area contributed by atoms with Crippen LogP contribution in [0.1, 0.15) is 46.0 Å². The summed E-state index contributed by atoms with van der Waals surface area (Å²) >= 11 is 0. The molecule has 0 radical (unpaired) electrons. The Morgan fingerprint density at radius 3 is 2.63 bits per heavy atom. The lowest BCUT2D eigenvalue weighted by Crippen LogP contribution is -2.52. The molecule has 0 bridgehead atoms. The molecule has 0 aromatic heterocycles. The van der Waals surface area contributed by atoms with Crippen molar-refractivity contribution in [3.8, 4) is 0 Å². The van der Waals surface area contributed by atoms with E-state index < -0.39 is 0 Å². The van der Waals surface area contributed by atoms with Crippen molar-refractivity contribution in [2.45, 2.75) is 52.0 Å². The molecule has 1 saturated carbocycles. The molecule has 1 aliphatic heterocycles. The van der Waals surface area contributed by atoms with E-state index in [4.69, 9.17) is 4.74 Å². The third kappa shape index (κ3) is 4.37. The molecule has 2 fully saturated rings. The Kier molecular flexibility index (Phi) is 5.49. The van der Waals surface area contributed by atoms with Crippen LogP contribution in [0.25, 0.3) is 0 Å². The molecule has 1 saturated heterocycles. The second kappa shape index (κ2) is 7.13. The first kappa shape index (κ1) is 14.6. The molecule has 110 valence electrons. The van der Waals surface area contributed by atoms with E-state index in [1.54, 1.807) is 0 Å². The van der Waals surface area contributed by atoms with Gasteiger partial charge >= 0.3 is 6.09 Å². The normalized spacial score (nSPS) is 28.7. The van der Waals surface area contributed by atoms with Crippen molar-refractivity contribution in [3.05, 3.63) is 0 Å². The zero-order valence-electron chi connectivity index (χ0n) is 12.4. The minimum Gasteiger partial charge on any atom is -0.450 e. The van der Waals surface area contributed by atoms with Gasteiger partial charge in [0.2, 0.25) is 0 Å². The van der Waals surface area contributed by atoms with Crippen LogP contribution in [0.2, 0.25) is 0 Å². The highest BCUT2D eigenvalue weighted by atomic mass is 16.5. The van der Waals surface area contributed by atoms with E-state index in [2.05, 4.69) is 17.1 Å². The maximum absolute atomic E-state index is 11.6. The number of carbonyl (C=O) groups is 1. The van der Waals surface area contributed by atoms with Gasteiger partial charge in [0.05, 0.1) is 6.61 Å². The van der Waals surface area contributed by atoms with Gasteiger partial charge in [-0.25, -0.2) is 4.79 Å². The fraction of sp³-hybridized carbons (Fsp3) is 0.933. The molecule has 4 nitrogen and oxygen atoms in total. The molecule has 19 heavy (non-hydrogen) atoms. The third-order valence-corrected chi connectivity index (χ3v) is 4.53. The second-order valence-electron chi connectivity index (χ2n) is 6.09. The molecule has 0 aromatic rings. The predicted octanol–water partition coefficient (Wildman–Crippen LogP) is 2.63. The zero-order valence-corrected chi connectivity index (χ0v) is 12.4. The number of likely N-dealkylation sites (tertiary alicyclic amines) is 1. The van der Waals surface area contributed by atoms with Crippen molar-refractivity contribution in [2.24, 2.45) is 11.8 Å². The number of nitrogens with zero attached hydrogens (tertiary/aromatic N) is 1. The van der Waals surface area contributed by atoms with Crippen molar-refractivity contribution >= 4 is 6.09 Å². The first-order valence-electron chi connectivity index (χ1n) is 7.86. The number of amides is 1. The van der Waals surface area contributed by atoms with E-state index in [0.29, 0.717) is 12.5 Å². The smallest absolute Gasteiger partial charge is 0.407 e. The maximum Gasteiger partial charge on any atom is 0.407 e. The Balaban J connectivity index is 1.82. The lowest BCUT2D eigenvalue weighted by Gasteiger charge is -2.40. The maximum atomic E-state index is 11.6. The van der Waals surface area contributed by atoms with Crippen LogP contribution in [0.5, 0.6) is 0 Å². The fourth-order valence-electron chi connectivity index (χ4n) is 3.23. The zero-order chi connectivity index (χ0) is 13.7. The molecule has 0 spiro atoms. The van der Waals surface area contributed by atoms with E-state index in [0.717, 1.165) is 18.9 Å². The molecule has 2 rings (SSSR count). The number of alkyl carbamates (subject to hydrolysis) is 1. The molecule has 2 atom stereocenters. The number of carbonyl (C=O) groups excluding carboxylic acids is 1. The highest BCUT2D eigenvalue weighted by Crippen LogP contribution is 2.29. The molecule has 0 aromatic carbocycles. The summed E-state index contributed by atoms with van der Waals surface area (Å²) in [6, 6.07) is 0.262. The molecule has 4 heteroatoms. The number of hydrogen-bond donors (Lipinski definition) is 1. The van der Waals surface area contributed by atoms with Crippen molar-refractivity contribution in [2.75, 3.05) is 26.2 Å². The minimum absolute atomic E-state index is 0.257. The summed E-state index contributed by atoms with van der Waals surface area (Å²) in [7, 11) is 0. The van der Waals surface area contributed by atoms with Gasteiger partial charge in [-0.05, 0) is 38.0 Å². The molecule has 1 N–H and O–H groups in total. The van der Waals surface area contributed by atoms with Crippen LogP contribution in [0.15, 0.2) is 0 Å². The largest absolute Gasteiger partial charge is 0.450 e. The van der Waals surface area contributed by atoms with E-state index in [9.17, 15) is 4.79 Å². The molecular weight excluding hydrogens is 240 g/mol. The summed E-state index contributed by atoms with van der Waals surface area (Å²) in [6.45, 7) is 7.95. The van der Waals surface area contributed by atoms with E-state index >= 15 is 0 Å². The van der Waals surface area contributed by atoms with E-state index in [1.165, 1.54) is 38.8 Å². The van der Waals surface area contributed by atoms with Gasteiger partial charge in [0.25, 0.3) is 0 Å². The van der Waals surface area contributed by atoms with Crippen LogP contribution in [0, 0.1) is 11.8 Å². The second-order valence-corrected chi connectivity index (χ2v) is 6.09. The SMILES string of the molecule is CCOC(=O)NC1CC(CC)CN(CC2CCC2)C1. The molecular formula is C15H28N2O2. The minimum atomic E-state index is -0.257. The van der Waals surface area contributed by atoms with Crippen molar-refractivity contribution in [1.82, 2.24) is 10.2 Å². The van der Waals surface area contributed by atoms with Crippen molar-refractivity contribution < 1.29 is 9.53 Å². The Morgan fingerprint density at radius 1 is 1.26 bits per heavy atom. The number of hydrogen-bond acceptors (Lipinski definition) is 3. The van der Waals surface area contributed by atoms with Crippen LogP contribution in [-0.4, -0.2) is 43.3 Å². The molecule has 1 amide bonds. The Morgan fingerprint density at radius 2 is 2.05 bits per heavy atom. The standard InChI is InChI=1S/C15H28N2O2/c1-3-12-8-14(16-15(18)19-4-2)11-17(9-12)10-13-6-5-7-13/h12-14H,3-11H2,1-2H3,(H,16,18). The lowest BCUT2D eigenvalue weighted by atomic mass is 9.83. The Labute approximate surface area is 116 Å². The topological polar surface area (TPSA) is 41.6 Å². The summed E-state index contributed by atoms with van der Waals surface area (Å²) in [5, 5.41) is 3.02. The summed E-state index contributed by atoms with van der Waals surface area (Å²) < 4.78 is 4.99. The Hall–Kier alpha value is -0.770. The number of nitrogens with one attached hydrogen (secondary N) is 1. The molecule has 2 unspecified atom stereocenters. The Bertz CT molecular complexity index is 290. The third-order valence-electron chi connectivity index (χ3n) is 4.53. The van der Waals surface area contributed by atoms with Gasteiger partial charge in [-0.2, -0.15) is 0 Å². The number of piperidine rings is 1. The summed E-state index contributed by atoms with van der Waals surface area (Å²) in [5.41, 5.74) is 0. The van der Waals surface area contributed by atoms with E-state index in [-0.39, 0.29) is 12.1 Å². The first-order chi connectivity index (χ1) is 9.21. The molecule has 2 aliphatic rings. The van der Waals surface area contributed by atoms with E-state index in [1.807, 2.05) is 6.92 Å². The average Bonchev–Trinajstić information content (AvgIpc) is 2.34. The lowest BCUT2D eigenvalue weighted by molar-refractivity contribution is 0.0925. The van der Waals surface area contributed by atoms with Crippen LogP contribution >= 0.6 is 0 Å². The molecule has 1 heterocycles. The van der Waals surface area contributed by atoms with Crippen LogP contribution in [-0.2, 0) is 4.74 Å². The van der Waals surface area contributed by atoms with Crippen LogP contribution < -0.4 is 5.32 Å². The number of ether oxygens (including phenoxy) is 1. The molecule has 1 aliphatic carbocycles. The summed E-state index contributed by atoms with van der Waals surface area (Å²) in [5.74, 6) is 1.61. The van der Waals surface area contributed by atoms with Gasteiger partial charge in [-0.3, -0.25) is 0 Å². The monoisotopic (exact) mass is 268 g/mol. The summed E-state index contributed by atoms with van der Waals surface area (Å²) in [6.07, 6.45) is 6.22. The number of rotatable bonds is 5. The predicted molar refractivity (Wildman–Crippen MR) is 76.1 cm³/mol. The van der Waals surface area contributed by atoms with Gasteiger partial charge < -0.3 is 15.0 Å². The van der Waals surface area contributed by atoms with Gasteiger partial charge in [-0.1, -0.05) is 19.8 Å².